The molecule has 3 aromatic carbocycles. The van der Waals surface area contributed by atoms with Crippen molar-refractivity contribution in [3.05, 3.63) is 84.7 Å². The summed E-state index contributed by atoms with van der Waals surface area (Å²) in [7, 11) is -7.39. The first kappa shape index (κ1) is 25.2. The van der Waals surface area contributed by atoms with Crippen LogP contribution in [0.1, 0.15) is 12.8 Å². The van der Waals surface area contributed by atoms with E-state index in [-0.39, 0.29) is 30.2 Å². The maximum absolute atomic E-state index is 13.1. The third-order valence-corrected chi connectivity index (χ3v) is 7.35. The number of nitrogens with one attached hydrogen (secondary N) is 2. The van der Waals surface area contributed by atoms with Gasteiger partial charge in [0.05, 0.1) is 16.8 Å². The molecular weight excluding hydrogens is 481 g/mol. The molecule has 3 aromatic rings. The van der Waals surface area contributed by atoms with E-state index in [0.717, 1.165) is 10.6 Å². The number of rotatable bonds is 10. The van der Waals surface area contributed by atoms with Crippen molar-refractivity contribution in [1.29, 1.82) is 0 Å². The smallest absolute Gasteiger partial charge is 0.261 e. The first-order valence-corrected chi connectivity index (χ1v) is 13.6. The lowest BCUT2D eigenvalue weighted by atomic mass is 10.2. The molecule has 0 aromatic heterocycles. The molecule has 0 atom stereocenters. The molecule has 3 rings (SSSR count). The van der Waals surface area contributed by atoms with Crippen molar-refractivity contribution in [2.75, 3.05) is 27.1 Å². The van der Waals surface area contributed by atoms with Crippen molar-refractivity contribution in [1.82, 2.24) is 0 Å². The molecule has 0 aliphatic carbocycles. The number of halogens is 1. The number of hydrogen-bond donors (Lipinski definition) is 2. The molecule has 11 heteroatoms. The fourth-order valence-electron chi connectivity index (χ4n) is 3.14. The Morgan fingerprint density at radius 1 is 0.853 bits per heavy atom. The minimum absolute atomic E-state index is 0.0306. The fraction of sp³-hybridized carbons (Fsp3) is 0.174. The number of sulfonamides is 2. The number of hydrogen-bond acceptors (Lipinski definition) is 5. The van der Waals surface area contributed by atoms with E-state index in [2.05, 4.69) is 10.0 Å². The third kappa shape index (κ3) is 7.03. The average molecular weight is 506 g/mol. The van der Waals surface area contributed by atoms with Gasteiger partial charge in [-0.25, -0.2) is 21.2 Å². The van der Waals surface area contributed by atoms with Gasteiger partial charge >= 0.3 is 0 Å². The first-order chi connectivity index (χ1) is 16.0. The molecule has 0 fully saturated rings. The van der Waals surface area contributed by atoms with E-state index in [1.165, 1.54) is 48.5 Å². The predicted molar refractivity (Wildman–Crippen MR) is 130 cm³/mol. The summed E-state index contributed by atoms with van der Waals surface area (Å²) in [6.07, 6.45) is 1.30. The van der Waals surface area contributed by atoms with Crippen LogP contribution in [0.4, 0.5) is 21.5 Å². The van der Waals surface area contributed by atoms with Gasteiger partial charge in [-0.05, 0) is 67.1 Å². The SMILES string of the molecule is CS(=O)(=O)N(CCCC(=O)Nc1ccc(S(=O)(=O)Nc2ccccc2)cc1)c1ccc(F)cc1. The van der Waals surface area contributed by atoms with Crippen molar-refractivity contribution >= 4 is 43.0 Å². The molecular formula is C23H24FN3O5S2. The molecule has 0 spiro atoms. The summed E-state index contributed by atoms with van der Waals surface area (Å²) in [6, 6.07) is 19.2. The molecule has 2 N–H and O–H groups in total. The summed E-state index contributed by atoms with van der Waals surface area (Å²) >= 11 is 0. The summed E-state index contributed by atoms with van der Waals surface area (Å²) in [4.78, 5) is 12.3. The molecule has 0 radical (unpaired) electrons. The Balaban J connectivity index is 1.56. The maximum Gasteiger partial charge on any atom is 0.261 e. The van der Waals surface area contributed by atoms with Crippen molar-refractivity contribution in [3.8, 4) is 0 Å². The normalized spacial score (nSPS) is 11.6. The van der Waals surface area contributed by atoms with E-state index >= 15 is 0 Å². The van der Waals surface area contributed by atoms with Gasteiger partial charge < -0.3 is 5.32 Å². The van der Waals surface area contributed by atoms with Gasteiger partial charge in [0.15, 0.2) is 0 Å². The Labute approximate surface area is 198 Å². The zero-order valence-electron chi connectivity index (χ0n) is 18.3. The van der Waals surface area contributed by atoms with Crippen LogP contribution < -0.4 is 14.3 Å². The molecule has 0 saturated heterocycles. The second kappa shape index (κ2) is 10.7. The van der Waals surface area contributed by atoms with Crippen LogP contribution in [-0.4, -0.2) is 35.5 Å². The largest absolute Gasteiger partial charge is 0.326 e. The number of para-hydroxylation sites is 1. The molecule has 8 nitrogen and oxygen atoms in total. The van der Waals surface area contributed by atoms with Crippen molar-refractivity contribution in [3.63, 3.8) is 0 Å². The van der Waals surface area contributed by atoms with Crippen LogP contribution >= 0.6 is 0 Å². The van der Waals surface area contributed by atoms with Crippen molar-refractivity contribution in [2.45, 2.75) is 17.7 Å². The molecule has 0 aliphatic rings. The van der Waals surface area contributed by atoms with E-state index in [1.807, 2.05) is 0 Å². The highest BCUT2D eigenvalue weighted by Gasteiger charge is 2.18. The number of nitrogens with zero attached hydrogens (tertiary/aromatic N) is 1. The minimum Gasteiger partial charge on any atom is -0.326 e. The number of anilines is 3. The number of carbonyl (C=O) groups excluding carboxylic acids is 1. The predicted octanol–water partition coefficient (Wildman–Crippen LogP) is 3.81. The van der Waals surface area contributed by atoms with Gasteiger partial charge in [0.1, 0.15) is 5.82 Å². The standard InChI is InChI=1S/C23H24FN3O5S2/c1-33(29,30)27(21-13-9-18(24)10-14-21)17-5-8-23(28)25-19-11-15-22(16-12-19)34(31,32)26-20-6-3-2-4-7-20/h2-4,6-7,9-16,26H,5,8,17H2,1H3,(H,25,28). The number of benzene rings is 3. The van der Waals surface area contributed by atoms with E-state index in [9.17, 15) is 26.0 Å². The Bertz CT molecular complexity index is 1330. The lowest BCUT2D eigenvalue weighted by molar-refractivity contribution is -0.116. The summed E-state index contributed by atoms with van der Waals surface area (Å²) in [5.74, 6) is -0.836. The number of amides is 1. The van der Waals surface area contributed by atoms with E-state index in [1.54, 1.807) is 30.3 Å². The minimum atomic E-state index is -3.77. The summed E-state index contributed by atoms with van der Waals surface area (Å²) < 4.78 is 65.9. The summed E-state index contributed by atoms with van der Waals surface area (Å²) in [6.45, 7) is 0.0419. The van der Waals surface area contributed by atoms with E-state index in [4.69, 9.17) is 0 Å². The van der Waals surface area contributed by atoms with Gasteiger partial charge in [-0.1, -0.05) is 18.2 Å². The molecule has 34 heavy (non-hydrogen) atoms. The van der Waals surface area contributed by atoms with Gasteiger partial charge in [-0.2, -0.15) is 0 Å². The van der Waals surface area contributed by atoms with Crippen LogP contribution in [0.5, 0.6) is 0 Å². The average Bonchev–Trinajstić information content (AvgIpc) is 2.77. The van der Waals surface area contributed by atoms with Crippen LogP contribution in [0.25, 0.3) is 0 Å². The zero-order valence-corrected chi connectivity index (χ0v) is 19.9. The molecule has 0 unspecified atom stereocenters. The monoisotopic (exact) mass is 505 g/mol. The Morgan fingerprint density at radius 2 is 1.47 bits per heavy atom. The van der Waals surface area contributed by atoms with Gasteiger partial charge in [-0.15, -0.1) is 0 Å². The Kier molecular flexibility index (Phi) is 7.90. The quantitative estimate of drug-likeness (QED) is 0.435. The van der Waals surface area contributed by atoms with Crippen LogP contribution in [-0.2, 0) is 24.8 Å². The summed E-state index contributed by atoms with van der Waals surface area (Å²) in [5, 5.41) is 2.66. The van der Waals surface area contributed by atoms with Gasteiger partial charge in [-0.3, -0.25) is 13.8 Å². The second-order valence-corrected chi connectivity index (χ2v) is 11.0. The topological polar surface area (TPSA) is 113 Å². The van der Waals surface area contributed by atoms with Crippen LogP contribution in [0.2, 0.25) is 0 Å². The Hall–Kier alpha value is -3.44. The third-order valence-electron chi connectivity index (χ3n) is 4.75. The molecule has 0 heterocycles. The fourth-order valence-corrected chi connectivity index (χ4v) is 5.16. The molecule has 0 bridgehead atoms. The van der Waals surface area contributed by atoms with E-state index in [0.29, 0.717) is 17.1 Å². The highest BCUT2D eigenvalue weighted by atomic mass is 32.2. The summed E-state index contributed by atoms with van der Waals surface area (Å²) in [5.41, 5.74) is 1.15. The number of carbonyl (C=O) groups is 1. The van der Waals surface area contributed by atoms with Crippen molar-refractivity contribution in [2.24, 2.45) is 0 Å². The maximum atomic E-state index is 13.1. The molecule has 1 amide bonds. The van der Waals surface area contributed by atoms with Crippen LogP contribution in [0.15, 0.2) is 83.8 Å². The van der Waals surface area contributed by atoms with E-state index < -0.39 is 25.9 Å². The lowest BCUT2D eigenvalue weighted by Crippen LogP contribution is -2.31. The molecule has 180 valence electrons. The highest BCUT2D eigenvalue weighted by Crippen LogP contribution is 2.20. The zero-order chi connectivity index (χ0) is 24.8. The first-order valence-electron chi connectivity index (χ1n) is 10.3. The van der Waals surface area contributed by atoms with Gasteiger partial charge in [0.2, 0.25) is 15.9 Å². The van der Waals surface area contributed by atoms with Crippen LogP contribution in [0.3, 0.4) is 0 Å². The second-order valence-electron chi connectivity index (χ2n) is 7.46. The van der Waals surface area contributed by atoms with Crippen LogP contribution in [0, 0.1) is 5.82 Å². The van der Waals surface area contributed by atoms with Gasteiger partial charge in [0.25, 0.3) is 10.0 Å². The molecule has 0 aliphatic heterocycles. The highest BCUT2D eigenvalue weighted by molar-refractivity contribution is 7.92. The van der Waals surface area contributed by atoms with Crippen molar-refractivity contribution < 1.29 is 26.0 Å². The Morgan fingerprint density at radius 3 is 2.06 bits per heavy atom. The molecule has 0 saturated carbocycles. The lowest BCUT2D eigenvalue weighted by Gasteiger charge is -2.22. The van der Waals surface area contributed by atoms with Gasteiger partial charge in [0, 0.05) is 24.3 Å².